The number of hydrogen-bond acceptors (Lipinski definition) is 3. The number of nitrogens with one attached hydrogen (secondary N) is 1. The number of amides is 2. The van der Waals surface area contributed by atoms with Crippen LogP contribution in [0, 0.1) is 0 Å². The van der Waals surface area contributed by atoms with Crippen LogP contribution in [-0.2, 0) is 4.74 Å². The Kier molecular flexibility index (Phi) is 2.10. The van der Waals surface area contributed by atoms with Crippen molar-refractivity contribution in [2.75, 3.05) is 20.1 Å². The Labute approximate surface area is 76.9 Å². The Bertz CT molecular complexity index is 238. The lowest BCUT2D eigenvalue weighted by atomic mass is 10.2. The van der Waals surface area contributed by atoms with E-state index in [0.29, 0.717) is 0 Å². The summed E-state index contributed by atoms with van der Waals surface area (Å²) in [5.41, 5.74) is 0. The van der Waals surface area contributed by atoms with Crippen LogP contribution in [0.4, 0.5) is 4.79 Å². The van der Waals surface area contributed by atoms with Gasteiger partial charge < -0.3 is 10.1 Å². The molecule has 2 aliphatic rings. The summed E-state index contributed by atoms with van der Waals surface area (Å²) in [4.78, 5) is 15.0. The van der Waals surface area contributed by atoms with Gasteiger partial charge in [-0.15, -0.1) is 0 Å². The van der Waals surface area contributed by atoms with Crippen LogP contribution in [0.25, 0.3) is 0 Å². The molecule has 1 fully saturated rings. The average molecular weight is 183 g/mol. The molecule has 0 saturated carbocycles. The predicted octanol–water partition coefficient (Wildman–Crippen LogP) is 0.119. The number of likely N-dealkylation sites (tertiary alicyclic amines) is 1. The second kappa shape index (κ2) is 3.26. The van der Waals surface area contributed by atoms with E-state index in [1.165, 1.54) is 6.42 Å². The maximum absolute atomic E-state index is 11.3. The molecule has 5 nitrogen and oxygen atoms in total. The molecule has 1 saturated heterocycles. The third-order valence-electron chi connectivity index (χ3n) is 2.31. The van der Waals surface area contributed by atoms with Gasteiger partial charge in [0.1, 0.15) is 6.26 Å². The van der Waals surface area contributed by atoms with Gasteiger partial charge in [-0.05, 0) is 6.42 Å². The number of urea groups is 1. The zero-order valence-corrected chi connectivity index (χ0v) is 7.56. The van der Waals surface area contributed by atoms with E-state index >= 15 is 0 Å². The van der Waals surface area contributed by atoms with E-state index in [-0.39, 0.29) is 12.4 Å². The van der Waals surface area contributed by atoms with E-state index in [1.807, 2.05) is 0 Å². The molecule has 0 spiro atoms. The molecule has 5 heteroatoms. The van der Waals surface area contributed by atoms with Gasteiger partial charge in [0, 0.05) is 26.3 Å². The SMILES string of the molecule is CNC(=O)N1C=COC1N1CCC1. The Hall–Kier alpha value is -1.23. The predicted molar refractivity (Wildman–Crippen MR) is 46.5 cm³/mol. The number of nitrogens with zero attached hydrogens (tertiary/aromatic N) is 2. The second-order valence-electron chi connectivity index (χ2n) is 3.10. The fraction of sp³-hybridized carbons (Fsp3) is 0.625. The molecule has 1 atom stereocenters. The van der Waals surface area contributed by atoms with Crippen molar-refractivity contribution < 1.29 is 9.53 Å². The first-order valence-corrected chi connectivity index (χ1v) is 4.39. The summed E-state index contributed by atoms with van der Waals surface area (Å²) in [6, 6.07) is -0.134. The quantitative estimate of drug-likeness (QED) is 0.628. The van der Waals surface area contributed by atoms with Crippen LogP contribution >= 0.6 is 0 Å². The molecule has 0 radical (unpaired) electrons. The summed E-state index contributed by atoms with van der Waals surface area (Å²) in [6.45, 7) is 2.00. The van der Waals surface area contributed by atoms with Gasteiger partial charge in [0.2, 0.25) is 6.35 Å². The Morgan fingerprint density at radius 3 is 2.92 bits per heavy atom. The number of hydrogen-bond donors (Lipinski definition) is 1. The molecule has 72 valence electrons. The third kappa shape index (κ3) is 1.35. The molecule has 2 rings (SSSR count). The molecule has 2 amide bonds. The lowest BCUT2D eigenvalue weighted by Gasteiger charge is -2.38. The summed E-state index contributed by atoms with van der Waals surface area (Å²) in [5, 5.41) is 2.57. The largest absolute Gasteiger partial charge is 0.463 e. The van der Waals surface area contributed by atoms with Gasteiger partial charge in [-0.3, -0.25) is 0 Å². The molecule has 0 aromatic carbocycles. The van der Waals surface area contributed by atoms with Crippen LogP contribution in [0.1, 0.15) is 6.42 Å². The van der Waals surface area contributed by atoms with Crippen molar-refractivity contribution in [2.24, 2.45) is 0 Å². The molecule has 2 aliphatic heterocycles. The highest BCUT2D eigenvalue weighted by Gasteiger charge is 2.34. The van der Waals surface area contributed by atoms with E-state index in [2.05, 4.69) is 10.2 Å². The van der Waals surface area contributed by atoms with E-state index < -0.39 is 0 Å². The van der Waals surface area contributed by atoms with E-state index in [4.69, 9.17) is 4.74 Å². The van der Waals surface area contributed by atoms with Crippen LogP contribution in [0.15, 0.2) is 12.5 Å². The van der Waals surface area contributed by atoms with Gasteiger partial charge >= 0.3 is 6.03 Å². The lowest BCUT2D eigenvalue weighted by molar-refractivity contribution is -0.0871. The molecule has 1 N–H and O–H groups in total. The van der Waals surface area contributed by atoms with Crippen molar-refractivity contribution in [1.29, 1.82) is 0 Å². The van der Waals surface area contributed by atoms with E-state index in [0.717, 1.165) is 13.1 Å². The first kappa shape index (κ1) is 8.37. The Balaban J connectivity index is 1.99. The molecule has 0 bridgehead atoms. The zero-order chi connectivity index (χ0) is 9.26. The fourth-order valence-corrected chi connectivity index (χ4v) is 1.43. The highest BCUT2D eigenvalue weighted by molar-refractivity contribution is 5.75. The molecule has 0 aromatic rings. The highest BCUT2D eigenvalue weighted by atomic mass is 16.5. The van der Waals surface area contributed by atoms with Crippen molar-refractivity contribution in [1.82, 2.24) is 15.1 Å². The smallest absolute Gasteiger partial charge is 0.325 e. The summed E-state index contributed by atoms with van der Waals surface area (Å²) < 4.78 is 5.30. The molecule has 0 aromatic heterocycles. The van der Waals surface area contributed by atoms with Gasteiger partial charge in [0.15, 0.2) is 0 Å². The fourth-order valence-electron chi connectivity index (χ4n) is 1.43. The van der Waals surface area contributed by atoms with Crippen molar-refractivity contribution in [3.63, 3.8) is 0 Å². The zero-order valence-electron chi connectivity index (χ0n) is 7.56. The Morgan fingerprint density at radius 1 is 1.62 bits per heavy atom. The number of carbonyl (C=O) groups excluding carboxylic acids is 1. The molecular formula is C8H13N3O2. The lowest BCUT2D eigenvalue weighted by Crippen LogP contribution is -2.54. The minimum absolute atomic E-state index is 0.134. The summed E-state index contributed by atoms with van der Waals surface area (Å²) in [5.74, 6) is 0. The van der Waals surface area contributed by atoms with Crippen LogP contribution in [0.5, 0.6) is 0 Å². The van der Waals surface area contributed by atoms with Gasteiger partial charge in [-0.25, -0.2) is 14.6 Å². The summed E-state index contributed by atoms with van der Waals surface area (Å²) in [6.07, 6.45) is 4.16. The van der Waals surface area contributed by atoms with Crippen molar-refractivity contribution in [2.45, 2.75) is 12.8 Å². The highest BCUT2D eigenvalue weighted by Crippen LogP contribution is 2.20. The molecular weight excluding hydrogens is 170 g/mol. The molecule has 2 heterocycles. The molecule has 13 heavy (non-hydrogen) atoms. The van der Waals surface area contributed by atoms with Crippen molar-refractivity contribution >= 4 is 6.03 Å². The van der Waals surface area contributed by atoms with Crippen LogP contribution in [0.3, 0.4) is 0 Å². The average Bonchev–Trinajstić information content (AvgIpc) is 2.49. The van der Waals surface area contributed by atoms with E-state index in [9.17, 15) is 4.79 Å². The summed E-state index contributed by atoms with van der Waals surface area (Å²) in [7, 11) is 1.61. The number of rotatable bonds is 1. The number of ether oxygens (including phenoxy) is 1. The van der Waals surface area contributed by atoms with Crippen molar-refractivity contribution in [3.8, 4) is 0 Å². The molecule has 0 aliphatic carbocycles. The van der Waals surface area contributed by atoms with Gasteiger partial charge in [-0.1, -0.05) is 0 Å². The summed E-state index contributed by atoms with van der Waals surface area (Å²) >= 11 is 0. The van der Waals surface area contributed by atoms with Crippen molar-refractivity contribution in [3.05, 3.63) is 12.5 Å². The maximum Gasteiger partial charge on any atom is 0.325 e. The normalized spacial score (nSPS) is 26.8. The first-order chi connectivity index (χ1) is 6.33. The van der Waals surface area contributed by atoms with Gasteiger partial charge in [0.05, 0.1) is 0 Å². The van der Waals surface area contributed by atoms with Crippen LogP contribution in [-0.4, -0.2) is 42.3 Å². The first-order valence-electron chi connectivity index (χ1n) is 4.39. The Morgan fingerprint density at radius 2 is 2.38 bits per heavy atom. The number of carbonyl (C=O) groups is 1. The van der Waals surface area contributed by atoms with Crippen LogP contribution < -0.4 is 5.32 Å². The third-order valence-corrected chi connectivity index (χ3v) is 2.31. The van der Waals surface area contributed by atoms with Gasteiger partial charge in [0.25, 0.3) is 0 Å². The minimum Gasteiger partial charge on any atom is -0.463 e. The second-order valence-corrected chi connectivity index (χ2v) is 3.10. The minimum atomic E-state index is -0.228. The monoisotopic (exact) mass is 183 g/mol. The van der Waals surface area contributed by atoms with Crippen LogP contribution in [0.2, 0.25) is 0 Å². The maximum atomic E-state index is 11.3. The van der Waals surface area contributed by atoms with Gasteiger partial charge in [-0.2, -0.15) is 0 Å². The molecule has 1 unspecified atom stereocenters. The van der Waals surface area contributed by atoms with E-state index in [1.54, 1.807) is 24.4 Å². The standard InChI is InChI=1S/C8H13N3O2/c1-9-7(12)11-5-6-13-8(11)10-3-2-4-10/h5-6,8H,2-4H2,1H3,(H,9,12). The topological polar surface area (TPSA) is 44.8 Å².